The van der Waals surface area contributed by atoms with E-state index < -0.39 is 27.6 Å². The van der Waals surface area contributed by atoms with E-state index in [1.165, 1.54) is 12.1 Å². The van der Waals surface area contributed by atoms with Crippen molar-refractivity contribution in [2.24, 2.45) is 5.41 Å². The average Bonchev–Trinajstić information content (AvgIpc) is 3.24. The molecule has 0 saturated heterocycles. The Balaban J connectivity index is 2.20. The second kappa shape index (κ2) is 5.64. The van der Waals surface area contributed by atoms with Gasteiger partial charge in [0.1, 0.15) is 0 Å². The van der Waals surface area contributed by atoms with Crippen molar-refractivity contribution in [2.45, 2.75) is 39.0 Å². The summed E-state index contributed by atoms with van der Waals surface area (Å²) >= 11 is 0. The standard InChI is InChI=1S/C16H20N2O5/c1-15(2,3)11-5-4-10(8-12(11)18(22)23)13(19)17-9-16(6-7-16)14(20)21/h4-5,8H,6-7,9H2,1-3H3,(H,17,19)(H,20,21). The van der Waals surface area contributed by atoms with Crippen LogP contribution in [0.4, 0.5) is 5.69 Å². The molecule has 0 radical (unpaired) electrons. The van der Waals surface area contributed by atoms with E-state index in [0.29, 0.717) is 18.4 Å². The molecule has 124 valence electrons. The number of nitrogens with one attached hydrogen (secondary N) is 1. The van der Waals surface area contributed by atoms with Gasteiger partial charge in [-0.05, 0) is 24.3 Å². The normalized spacial score (nSPS) is 15.8. The molecule has 0 heterocycles. The molecule has 1 aliphatic carbocycles. The number of carbonyl (C=O) groups is 2. The van der Waals surface area contributed by atoms with Crippen LogP contribution in [0.25, 0.3) is 0 Å². The summed E-state index contributed by atoms with van der Waals surface area (Å²) in [5.41, 5.74) is -0.690. The highest BCUT2D eigenvalue weighted by Crippen LogP contribution is 2.45. The van der Waals surface area contributed by atoms with Crippen LogP contribution >= 0.6 is 0 Å². The zero-order valence-corrected chi connectivity index (χ0v) is 13.4. The molecule has 0 spiro atoms. The molecule has 7 heteroatoms. The molecule has 7 nitrogen and oxygen atoms in total. The van der Waals surface area contributed by atoms with Crippen molar-refractivity contribution in [3.8, 4) is 0 Å². The smallest absolute Gasteiger partial charge is 0.311 e. The first-order valence-electron chi connectivity index (χ1n) is 7.37. The molecular weight excluding hydrogens is 300 g/mol. The Labute approximate surface area is 133 Å². The fourth-order valence-electron chi connectivity index (χ4n) is 2.43. The zero-order chi connectivity index (χ0) is 17.4. The Morgan fingerprint density at radius 3 is 2.39 bits per heavy atom. The molecule has 1 amide bonds. The number of nitrogens with zero attached hydrogens (tertiary/aromatic N) is 1. The van der Waals surface area contributed by atoms with Crippen molar-refractivity contribution in [1.29, 1.82) is 0 Å². The summed E-state index contributed by atoms with van der Waals surface area (Å²) in [5, 5.41) is 22.9. The minimum atomic E-state index is -0.924. The summed E-state index contributed by atoms with van der Waals surface area (Å²) in [6.07, 6.45) is 1.07. The van der Waals surface area contributed by atoms with Gasteiger partial charge in [-0.25, -0.2) is 0 Å². The van der Waals surface area contributed by atoms with Crippen molar-refractivity contribution in [2.75, 3.05) is 6.54 Å². The van der Waals surface area contributed by atoms with Crippen molar-refractivity contribution >= 4 is 17.6 Å². The third-order valence-electron chi connectivity index (χ3n) is 4.16. The summed E-state index contributed by atoms with van der Waals surface area (Å²) < 4.78 is 0. The van der Waals surface area contributed by atoms with Crippen LogP contribution in [-0.4, -0.2) is 28.5 Å². The van der Waals surface area contributed by atoms with Crippen molar-refractivity contribution in [3.63, 3.8) is 0 Å². The van der Waals surface area contributed by atoms with E-state index in [2.05, 4.69) is 5.32 Å². The maximum absolute atomic E-state index is 12.2. The van der Waals surface area contributed by atoms with Gasteiger partial charge in [0.2, 0.25) is 0 Å². The monoisotopic (exact) mass is 320 g/mol. The molecule has 1 aromatic carbocycles. The Morgan fingerprint density at radius 1 is 1.35 bits per heavy atom. The predicted octanol–water partition coefficient (Wildman–Crippen LogP) is 2.49. The summed E-state index contributed by atoms with van der Waals surface area (Å²) in [7, 11) is 0. The minimum Gasteiger partial charge on any atom is -0.481 e. The van der Waals surface area contributed by atoms with Crippen molar-refractivity contribution < 1.29 is 19.6 Å². The highest BCUT2D eigenvalue weighted by molar-refractivity contribution is 5.95. The lowest BCUT2D eigenvalue weighted by Crippen LogP contribution is -2.34. The molecule has 1 aromatic rings. The number of nitro benzene ring substituents is 1. The largest absolute Gasteiger partial charge is 0.481 e. The summed E-state index contributed by atoms with van der Waals surface area (Å²) in [4.78, 5) is 34.0. The van der Waals surface area contributed by atoms with Crippen LogP contribution in [0.5, 0.6) is 0 Å². The quantitative estimate of drug-likeness (QED) is 0.640. The van der Waals surface area contributed by atoms with E-state index in [9.17, 15) is 19.7 Å². The maximum atomic E-state index is 12.2. The van der Waals surface area contributed by atoms with Gasteiger partial charge in [-0.2, -0.15) is 0 Å². The van der Waals surface area contributed by atoms with Crippen LogP contribution in [0, 0.1) is 15.5 Å². The molecule has 1 fully saturated rings. The molecule has 0 bridgehead atoms. The number of benzene rings is 1. The lowest BCUT2D eigenvalue weighted by molar-refractivity contribution is -0.386. The Bertz CT molecular complexity index is 672. The Hall–Kier alpha value is -2.44. The molecule has 1 saturated carbocycles. The van der Waals surface area contributed by atoms with E-state index >= 15 is 0 Å². The number of rotatable bonds is 5. The number of carboxylic acid groups (broad SMARTS) is 1. The molecule has 2 rings (SSSR count). The molecule has 23 heavy (non-hydrogen) atoms. The fourth-order valence-corrected chi connectivity index (χ4v) is 2.43. The topological polar surface area (TPSA) is 110 Å². The molecular formula is C16H20N2O5. The van der Waals surface area contributed by atoms with Crippen LogP contribution in [0.15, 0.2) is 18.2 Å². The summed E-state index contributed by atoms with van der Waals surface area (Å²) in [6.45, 7) is 5.62. The lowest BCUT2D eigenvalue weighted by atomic mass is 9.85. The maximum Gasteiger partial charge on any atom is 0.311 e. The lowest BCUT2D eigenvalue weighted by Gasteiger charge is -2.19. The number of hydrogen-bond donors (Lipinski definition) is 2. The number of nitro groups is 1. The number of amides is 1. The van der Waals surface area contributed by atoms with Crippen molar-refractivity contribution in [3.05, 3.63) is 39.4 Å². The van der Waals surface area contributed by atoms with Gasteiger partial charge in [-0.15, -0.1) is 0 Å². The average molecular weight is 320 g/mol. The van der Waals surface area contributed by atoms with Gasteiger partial charge >= 0.3 is 5.97 Å². The first-order chi connectivity index (χ1) is 10.6. The van der Waals surface area contributed by atoms with Gasteiger partial charge < -0.3 is 10.4 Å². The number of carbonyl (C=O) groups excluding carboxylic acids is 1. The van der Waals surface area contributed by atoms with Crippen LogP contribution in [0.2, 0.25) is 0 Å². The Morgan fingerprint density at radius 2 is 1.96 bits per heavy atom. The van der Waals surface area contributed by atoms with Gasteiger partial charge in [-0.1, -0.05) is 26.8 Å². The summed E-state index contributed by atoms with van der Waals surface area (Å²) in [6, 6.07) is 4.36. The first-order valence-corrected chi connectivity index (χ1v) is 7.37. The van der Waals surface area contributed by atoms with Crippen LogP contribution in [-0.2, 0) is 10.2 Å². The first kappa shape index (κ1) is 16.9. The second-order valence-electron chi connectivity index (χ2n) is 7.01. The molecule has 0 aromatic heterocycles. The van der Waals surface area contributed by atoms with E-state index in [-0.39, 0.29) is 17.8 Å². The number of carboxylic acids is 1. The third-order valence-corrected chi connectivity index (χ3v) is 4.16. The van der Waals surface area contributed by atoms with Gasteiger partial charge in [0, 0.05) is 23.7 Å². The van der Waals surface area contributed by atoms with Gasteiger partial charge in [0.25, 0.3) is 11.6 Å². The second-order valence-corrected chi connectivity index (χ2v) is 7.01. The Kier molecular flexibility index (Phi) is 4.15. The fraction of sp³-hybridized carbons (Fsp3) is 0.500. The SMILES string of the molecule is CC(C)(C)c1ccc(C(=O)NCC2(C(=O)O)CC2)cc1[N+](=O)[O-]. The number of hydrogen-bond acceptors (Lipinski definition) is 4. The predicted molar refractivity (Wildman–Crippen MR) is 83.4 cm³/mol. The van der Waals surface area contributed by atoms with E-state index in [1.807, 2.05) is 20.8 Å². The molecule has 0 atom stereocenters. The molecule has 0 unspecified atom stereocenters. The van der Waals surface area contributed by atoms with E-state index in [1.54, 1.807) is 6.07 Å². The van der Waals surface area contributed by atoms with Gasteiger partial charge in [-0.3, -0.25) is 19.7 Å². The molecule has 1 aliphatic rings. The number of aliphatic carboxylic acids is 1. The summed E-state index contributed by atoms with van der Waals surface area (Å²) in [5.74, 6) is -1.42. The van der Waals surface area contributed by atoms with Gasteiger partial charge in [0.15, 0.2) is 0 Å². The van der Waals surface area contributed by atoms with Crippen LogP contribution in [0.3, 0.4) is 0 Å². The van der Waals surface area contributed by atoms with E-state index in [4.69, 9.17) is 5.11 Å². The van der Waals surface area contributed by atoms with E-state index in [0.717, 1.165) is 0 Å². The third kappa shape index (κ3) is 3.49. The van der Waals surface area contributed by atoms with Gasteiger partial charge in [0.05, 0.1) is 10.3 Å². The molecule has 2 N–H and O–H groups in total. The highest BCUT2D eigenvalue weighted by atomic mass is 16.6. The van der Waals surface area contributed by atoms with Crippen LogP contribution in [0.1, 0.15) is 49.5 Å². The zero-order valence-electron chi connectivity index (χ0n) is 13.4. The molecule has 0 aliphatic heterocycles. The minimum absolute atomic E-state index is 0.0377. The van der Waals surface area contributed by atoms with Crippen LogP contribution < -0.4 is 5.32 Å². The highest BCUT2D eigenvalue weighted by Gasteiger charge is 2.50. The van der Waals surface area contributed by atoms with Crippen molar-refractivity contribution in [1.82, 2.24) is 5.32 Å².